The Hall–Kier alpha value is -0.530. The van der Waals surface area contributed by atoms with Crippen molar-refractivity contribution in [3.05, 3.63) is 40.3 Å². The van der Waals surface area contributed by atoms with Crippen LogP contribution in [0.15, 0.2) is 28.8 Å². The number of aromatic nitrogens is 1. The van der Waals surface area contributed by atoms with Gasteiger partial charge in [0.05, 0.1) is 29.4 Å². The van der Waals surface area contributed by atoms with E-state index in [2.05, 4.69) is 14.8 Å². The number of aliphatic hydroxyl groups is 1. The van der Waals surface area contributed by atoms with Crippen LogP contribution in [-0.2, 0) is 6.54 Å². The number of rotatable bonds is 5. The van der Waals surface area contributed by atoms with Gasteiger partial charge in [0.15, 0.2) is 5.76 Å². The van der Waals surface area contributed by atoms with E-state index in [9.17, 15) is 0 Å². The molecule has 9 heteroatoms. The van der Waals surface area contributed by atoms with Gasteiger partial charge in [0.25, 0.3) is 0 Å². The van der Waals surface area contributed by atoms with Crippen molar-refractivity contribution in [1.82, 2.24) is 14.8 Å². The van der Waals surface area contributed by atoms with Gasteiger partial charge in [-0.2, -0.15) is 0 Å². The molecule has 2 heterocycles. The molecule has 0 saturated carbocycles. The second-order valence-electron chi connectivity index (χ2n) is 5.59. The zero-order valence-corrected chi connectivity index (χ0v) is 16.7. The van der Waals surface area contributed by atoms with Gasteiger partial charge in [-0.25, -0.2) is 4.98 Å². The standard InChI is InChI=1S/C16H19Cl2N3O2.2ClH/c17-13-2-1-12(9-14(13)18)15-10-19-16(23-15)11-21-5-3-20(4-6-21)7-8-22;;/h1-2,9-10,22H,3-8,11H2;2*1H. The Morgan fingerprint density at radius 3 is 2.36 bits per heavy atom. The van der Waals surface area contributed by atoms with Crippen LogP contribution in [-0.4, -0.2) is 59.2 Å². The van der Waals surface area contributed by atoms with Crippen LogP contribution >= 0.6 is 48.0 Å². The van der Waals surface area contributed by atoms with Crippen molar-refractivity contribution in [3.8, 4) is 11.3 Å². The summed E-state index contributed by atoms with van der Waals surface area (Å²) in [7, 11) is 0. The monoisotopic (exact) mass is 427 g/mol. The van der Waals surface area contributed by atoms with E-state index < -0.39 is 0 Å². The van der Waals surface area contributed by atoms with Crippen molar-refractivity contribution >= 4 is 48.0 Å². The maximum Gasteiger partial charge on any atom is 0.209 e. The maximum absolute atomic E-state index is 8.97. The van der Waals surface area contributed by atoms with Crippen LogP contribution in [0.5, 0.6) is 0 Å². The smallest absolute Gasteiger partial charge is 0.209 e. The largest absolute Gasteiger partial charge is 0.439 e. The molecule has 1 aromatic carbocycles. The van der Waals surface area contributed by atoms with Crippen molar-refractivity contribution in [2.45, 2.75) is 6.54 Å². The van der Waals surface area contributed by atoms with E-state index in [1.54, 1.807) is 18.3 Å². The summed E-state index contributed by atoms with van der Waals surface area (Å²) >= 11 is 12.0. The summed E-state index contributed by atoms with van der Waals surface area (Å²) < 4.78 is 5.83. The van der Waals surface area contributed by atoms with Gasteiger partial charge in [-0.15, -0.1) is 24.8 Å². The minimum atomic E-state index is 0. The van der Waals surface area contributed by atoms with Crippen LogP contribution in [0.3, 0.4) is 0 Å². The predicted octanol–water partition coefficient (Wildman–Crippen LogP) is 3.60. The van der Waals surface area contributed by atoms with Gasteiger partial charge in [0, 0.05) is 38.3 Å². The summed E-state index contributed by atoms with van der Waals surface area (Å²) in [6.45, 7) is 5.46. The minimum Gasteiger partial charge on any atom is -0.439 e. The average Bonchev–Trinajstić information content (AvgIpc) is 3.01. The highest BCUT2D eigenvalue weighted by Gasteiger charge is 2.18. The molecule has 0 aliphatic carbocycles. The number of piperazine rings is 1. The predicted molar refractivity (Wildman–Crippen MR) is 105 cm³/mol. The molecule has 140 valence electrons. The molecule has 1 N–H and O–H groups in total. The number of nitrogens with zero attached hydrogens (tertiary/aromatic N) is 3. The molecule has 1 aliphatic heterocycles. The Balaban J connectivity index is 0.00000156. The Labute approximate surface area is 169 Å². The highest BCUT2D eigenvalue weighted by Crippen LogP contribution is 2.29. The van der Waals surface area contributed by atoms with Crippen molar-refractivity contribution in [2.75, 3.05) is 39.3 Å². The number of benzene rings is 1. The SMILES string of the molecule is Cl.Cl.OCCN1CCN(Cc2ncc(-c3ccc(Cl)c(Cl)c3)o2)CC1. The first-order valence-corrected chi connectivity index (χ1v) is 8.37. The molecular weight excluding hydrogens is 408 g/mol. The van der Waals surface area contributed by atoms with Crippen LogP contribution in [0.4, 0.5) is 0 Å². The number of halogens is 4. The van der Waals surface area contributed by atoms with E-state index in [0.29, 0.717) is 28.2 Å². The first-order valence-electron chi connectivity index (χ1n) is 7.61. The third-order valence-corrected chi connectivity index (χ3v) is 4.74. The maximum atomic E-state index is 8.97. The van der Waals surface area contributed by atoms with Gasteiger partial charge in [-0.3, -0.25) is 9.80 Å². The molecule has 2 aromatic rings. The van der Waals surface area contributed by atoms with Crippen LogP contribution in [0.1, 0.15) is 5.89 Å². The lowest BCUT2D eigenvalue weighted by atomic mass is 10.2. The van der Waals surface area contributed by atoms with Gasteiger partial charge in [-0.1, -0.05) is 23.2 Å². The van der Waals surface area contributed by atoms with E-state index >= 15 is 0 Å². The minimum absolute atomic E-state index is 0. The fourth-order valence-electron chi connectivity index (χ4n) is 2.67. The van der Waals surface area contributed by atoms with Crippen molar-refractivity contribution in [3.63, 3.8) is 0 Å². The second kappa shape index (κ2) is 10.6. The summed E-state index contributed by atoms with van der Waals surface area (Å²) in [5.41, 5.74) is 0.867. The third kappa shape index (κ3) is 6.00. The van der Waals surface area contributed by atoms with Gasteiger partial charge in [0.2, 0.25) is 5.89 Å². The number of β-amino-alcohol motifs (C(OH)–C–C–N with tert-alkyl or cyclic N) is 1. The summed E-state index contributed by atoms with van der Waals surface area (Å²) in [5, 5.41) is 10.00. The number of hydrogen-bond acceptors (Lipinski definition) is 5. The first-order chi connectivity index (χ1) is 11.2. The number of hydrogen-bond donors (Lipinski definition) is 1. The van der Waals surface area contributed by atoms with Crippen LogP contribution in [0, 0.1) is 0 Å². The van der Waals surface area contributed by atoms with Crippen molar-refractivity contribution < 1.29 is 9.52 Å². The number of oxazole rings is 1. The number of aliphatic hydroxyl groups excluding tert-OH is 1. The molecule has 1 aromatic heterocycles. The van der Waals surface area contributed by atoms with Gasteiger partial charge >= 0.3 is 0 Å². The van der Waals surface area contributed by atoms with E-state index in [-0.39, 0.29) is 31.4 Å². The molecule has 0 spiro atoms. The summed E-state index contributed by atoms with van der Waals surface area (Å²) in [6.07, 6.45) is 1.72. The van der Waals surface area contributed by atoms with E-state index in [1.807, 2.05) is 6.07 Å². The lowest BCUT2D eigenvalue weighted by Gasteiger charge is -2.33. The van der Waals surface area contributed by atoms with E-state index in [4.69, 9.17) is 32.7 Å². The third-order valence-electron chi connectivity index (χ3n) is 4.00. The Kier molecular flexibility index (Phi) is 9.52. The molecule has 0 atom stereocenters. The van der Waals surface area contributed by atoms with Gasteiger partial charge in [0.1, 0.15) is 0 Å². The first kappa shape index (κ1) is 22.5. The lowest BCUT2D eigenvalue weighted by molar-refractivity contribution is 0.103. The molecule has 3 rings (SSSR count). The Morgan fingerprint density at radius 1 is 1.04 bits per heavy atom. The average molecular weight is 429 g/mol. The molecule has 1 aliphatic rings. The zero-order valence-electron chi connectivity index (χ0n) is 13.5. The molecule has 1 fully saturated rings. The molecule has 0 radical (unpaired) electrons. The van der Waals surface area contributed by atoms with Crippen molar-refractivity contribution in [2.24, 2.45) is 0 Å². The molecule has 25 heavy (non-hydrogen) atoms. The highest BCUT2D eigenvalue weighted by molar-refractivity contribution is 6.42. The quantitative estimate of drug-likeness (QED) is 0.788. The second-order valence-corrected chi connectivity index (χ2v) is 6.40. The molecule has 0 bridgehead atoms. The van der Waals surface area contributed by atoms with Crippen LogP contribution < -0.4 is 0 Å². The van der Waals surface area contributed by atoms with Gasteiger partial charge in [-0.05, 0) is 18.2 Å². The molecule has 5 nitrogen and oxygen atoms in total. The highest BCUT2D eigenvalue weighted by atomic mass is 35.5. The Morgan fingerprint density at radius 2 is 1.72 bits per heavy atom. The van der Waals surface area contributed by atoms with Crippen LogP contribution in [0.25, 0.3) is 11.3 Å². The molecular formula is C16H21Cl4N3O2. The van der Waals surface area contributed by atoms with Crippen molar-refractivity contribution in [1.29, 1.82) is 0 Å². The topological polar surface area (TPSA) is 52.7 Å². The summed E-state index contributed by atoms with van der Waals surface area (Å²) in [4.78, 5) is 8.92. The van der Waals surface area contributed by atoms with Gasteiger partial charge < -0.3 is 9.52 Å². The van der Waals surface area contributed by atoms with Crippen LogP contribution in [0.2, 0.25) is 10.0 Å². The summed E-state index contributed by atoms with van der Waals surface area (Å²) in [6, 6.07) is 5.40. The van der Waals surface area contributed by atoms with E-state index in [1.165, 1.54) is 0 Å². The fraction of sp³-hybridized carbons (Fsp3) is 0.438. The zero-order chi connectivity index (χ0) is 16.2. The fourth-order valence-corrected chi connectivity index (χ4v) is 2.97. The normalized spacial score (nSPS) is 15.5. The molecule has 0 amide bonds. The van der Waals surface area contributed by atoms with E-state index in [0.717, 1.165) is 38.3 Å². The lowest BCUT2D eigenvalue weighted by Crippen LogP contribution is -2.46. The Bertz CT molecular complexity index is 661. The molecule has 0 unspecified atom stereocenters. The molecule has 1 saturated heterocycles. The summed E-state index contributed by atoms with van der Waals surface area (Å²) in [5.74, 6) is 1.39.